The van der Waals surface area contributed by atoms with Gasteiger partial charge in [0.2, 0.25) is 0 Å². The first-order valence-electron chi connectivity index (χ1n) is 5.71. The first-order chi connectivity index (χ1) is 8.31. The topological polar surface area (TPSA) is 42.2 Å². The van der Waals surface area contributed by atoms with Crippen molar-refractivity contribution in [1.29, 1.82) is 5.26 Å². The van der Waals surface area contributed by atoms with Crippen LogP contribution in [0.15, 0.2) is 30.3 Å². The normalized spacial score (nSPS) is 10.9. The molecule has 90 valence electrons. The van der Waals surface area contributed by atoms with E-state index < -0.39 is 0 Å². The van der Waals surface area contributed by atoms with Crippen LogP contribution >= 0.6 is 0 Å². The minimum absolute atomic E-state index is 0.306. The van der Waals surface area contributed by atoms with Gasteiger partial charge in [-0.15, -0.1) is 0 Å². The van der Waals surface area contributed by atoms with E-state index in [-0.39, 0.29) is 6.29 Å². The van der Waals surface area contributed by atoms with E-state index in [1.807, 2.05) is 44.2 Å². The quantitative estimate of drug-likeness (QED) is 0.557. The second-order valence-electron chi connectivity index (χ2n) is 3.37. The largest absolute Gasteiger partial charge is 0.349 e. The van der Waals surface area contributed by atoms with Crippen molar-refractivity contribution < 1.29 is 9.47 Å². The fourth-order valence-electron chi connectivity index (χ4n) is 1.44. The van der Waals surface area contributed by atoms with Gasteiger partial charge in [-0.1, -0.05) is 24.3 Å². The maximum Gasteiger partial charge on any atom is 0.183 e. The Morgan fingerprint density at radius 1 is 1.18 bits per heavy atom. The van der Waals surface area contributed by atoms with Crippen molar-refractivity contribution >= 4 is 6.08 Å². The zero-order valence-electron chi connectivity index (χ0n) is 10.2. The molecule has 0 bridgehead atoms. The Balaban J connectivity index is 2.77. The Labute approximate surface area is 102 Å². The Bertz CT molecular complexity index is 384. The lowest BCUT2D eigenvalue weighted by atomic mass is 10.1. The lowest BCUT2D eigenvalue weighted by Gasteiger charge is -2.17. The van der Waals surface area contributed by atoms with Gasteiger partial charge >= 0.3 is 0 Å². The van der Waals surface area contributed by atoms with Gasteiger partial charge in [0.15, 0.2) is 6.29 Å². The zero-order chi connectivity index (χ0) is 12.5. The molecule has 0 aromatic heterocycles. The number of hydrogen-bond donors (Lipinski definition) is 0. The average molecular weight is 231 g/mol. The summed E-state index contributed by atoms with van der Waals surface area (Å²) in [5.74, 6) is 0. The van der Waals surface area contributed by atoms with E-state index in [2.05, 4.69) is 0 Å². The van der Waals surface area contributed by atoms with Gasteiger partial charge in [0.1, 0.15) is 0 Å². The van der Waals surface area contributed by atoms with E-state index in [0.717, 1.165) is 11.1 Å². The van der Waals surface area contributed by atoms with Crippen molar-refractivity contribution in [2.75, 3.05) is 13.2 Å². The molecule has 17 heavy (non-hydrogen) atoms. The molecule has 1 aromatic carbocycles. The Kier molecular flexibility index (Phi) is 6.02. The highest BCUT2D eigenvalue weighted by Crippen LogP contribution is 2.19. The second kappa shape index (κ2) is 7.61. The third-order valence-electron chi connectivity index (χ3n) is 2.20. The summed E-state index contributed by atoms with van der Waals surface area (Å²) >= 11 is 0. The second-order valence-corrected chi connectivity index (χ2v) is 3.37. The molecule has 0 spiro atoms. The van der Waals surface area contributed by atoms with Crippen LogP contribution < -0.4 is 0 Å². The predicted molar refractivity (Wildman–Crippen MR) is 67.1 cm³/mol. The van der Waals surface area contributed by atoms with Crippen molar-refractivity contribution in [3.8, 4) is 6.07 Å². The first kappa shape index (κ1) is 13.4. The molecule has 0 heterocycles. The molecule has 0 unspecified atom stereocenters. The molecule has 0 saturated heterocycles. The maximum atomic E-state index is 8.43. The third-order valence-corrected chi connectivity index (χ3v) is 2.20. The van der Waals surface area contributed by atoms with Crippen LogP contribution in [-0.4, -0.2) is 13.2 Å². The van der Waals surface area contributed by atoms with Gasteiger partial charge in [0, 0.05) is 24.9 Å². The molecule has 0 fully saturated rings. The Morgan fingerprint density at radius 3 is 2.24 bits per heavy atom. The molecule has 0 aliphatic rings. The molecule has 0 aliphatic carbocycles. The average Bonchev–Trinajstić information content (AvgIpc) is 2.37. The van der Waals surface area contributed by atoms with E-state index in [9.17, 15) is 0 Å². The van der Waals surface area contributed by atoms with Crippen molar-refractivity contribution in [2.45, 2.75) is 20.1 Å². The van der Waals surface area contributed by atoms with E-state index in [1.165, 1.54) is 6.08 Å². The molecule has 0 amide bonds. The van der Waals surface area contributed by atoms with Crippen molar-refractivity contribution in [3.63, 3.8) is 0 Å². The van der Waals surface area contributed by atoms with E-state index in [4.69, 9.17) is 14.7 Å². The smallest absolute Gasteiger partial charge is 0.183 e. The molecule has 0 saturated carbocycles. The first-order valence-corrected chi connectivity index (χ1v) is 5.71. The van der Waals surface area contributed by atoms with Crippen molar-refractivity contribution in [2.24, 2.45) is 0 Å². The number of rotatable bonds is 6. The fraction of sp³-hybridized carbons (Fsp3) is 0.357. The van der Waals surface area contributed by atoms with Crippen LogP contribution in [0.1, 0.15) is 31.3 Å². The highest BCUT2D eigenvalue weighted by atomic mass is 16.7. The van der Waals surface area contributed by atoms with E-state index in [1.54, 1.807) is 6.08 Å². The minimum Gasteiger partial charge on any atom is -0.349 e. The number of ether oxygens (including phenoxy) is 2. The van der Waals surface area contributed by atoms with Gasteiger partial charge in [0.25, 0.3) is 0 Å². The van der Waals surface area contributed by atoms with Gasteiger partial charge in [-0.3, -0.25) is 0 Å². The summed E-state index contributed by atoms with van der Waals surface area (Å²) in [4.78, 5) is 0. The fourth-order valence-corrected chi connectivity index (χ4v) is 1.44. The standard InChI is InChI=1S/C14H17NO2/c1-3-16-14(17-4-2)13-9-7-12(8-10-13)6-5-11-15/h5-10,14H,3-4H2,1-2H3. The van der Waals surface area contributed by atoms with Crippen LogP contribution in [0.2, 0.25) is 0 Å². The van der Waals surface area contributed by atoms with Crippen LogP contribution in [-0.2, 0) is 9.47 Å². The predicted octanol–water partition coefficient (Wildman–Crippen LogP) is 3.29. The molecule has 3 heteroatoms. The van der Waals surface area contributed by atoms with Crippen molar-refractivity contribution in [1.82, 2.24) is 0 Å². The molecule has 0 aliphatic heterocycles. The highest BCUT2D eigenvalue weighted by molar-refractivity contribution is 5.52. The molecule has 0 atom stereocenters. The van der Waals surface area contributed by atoms with Gasteiger partial charge in [0.05, 0.1) is 6.07 Å². The van der Waals surface area contributed by atoms with Crippen LogP contribution in [0.25, 0.3) is 6.08 Å². The summed E-state index contributed by atoms with van der Waals surface area (Å²) in [5.41, 5.74) is 1.98. The van der Waals surface area contributed by atoms with Gasteiger partial charge in [-0.25, -0.2) is 0 Å². The molecule has 1 rings (SSSR count). The third kappa shape index (κ3) is 4.39. The van der Waals surface area contributed by atoms with Crippen LogP contribution in [0.4, 0.5) is 0 Å². The Morgan fingerprint density at radius 2 is 1.76 bits per heavy atom. The summed E-state index contributed by atoms with van der Waals surface area (Å²) in [7, 11) is 0. The van der Waals surface area contributed by atoms with Gasteiger partial charge in [-0.05, 0) is 25.5 Å². The summed E-state index contributed by atoms with van der Waals surface area (Å²) in [6, 6.07) is 9.74. The maximum absolute atomic E-state index is 8.43. The van der Waals surface area contributed by atoms with E-state index >= 15 is 0 Å². The SMILES string of the molecule is CCOC(OCC)c1ccc(C=CC#N)cc1. The minimum atomic E-state index is -0.306. The number of hydrogen-bond acceptors (Lipinski definition) is 3. The number of benzene rings is 1. The summed E-state index contributed by atoms with van der Waals surface area (Å²) < 4.78 is 11.0. The summed E-state index contributed by atoms with van der Waals surface area (Å²) in [6.07, 6.45) is 2.91. The van der Waals surface area contributed by atoms with Crippen LogP contribution in [0.5, 0.6) is 0 Å². The Hall–Kier alpha value is -1.63. The number of nitriles is 1. The summed E-state index contributed by atoms with van der Waals surface area (Å²) in [5, 5.41) is 8.43. The zero-order valence-corrected chi connectivity index (χ0v) is 10.2. The van der Waals surface area contributed by atoms with Crippen molar-refractivity contribution in [3.05, 3.63) is 41.5 Å². The summed E-state index contributed by atoms with van der Waals surface area (Å²) in [6.45, 7) is 5.10. The molecule has 0 radical (unpaired) electrons. The van der Waals surface area contributed by atoms with E-state index in [0.29, 0.717) is 13.2 Å². The lowest BCUT2D eigenvalue weighted by Crippen LogP contribution is -2.08. The molecular weight excluding hydrogens is 214 g/mol. The highest BCUT2D eigenvalue weighted by Gasteiger charge is 2.10. The molecule has 3 nitrogen and oxygen atoms in total. The molecule has 0 N–H and O–H groups in total. The molecular formula is C14H17NO2. The lowest BCUT2D eigenvalue weighted by molar-refractivity contribution is -0.140. The van der Waals surface area contributed by atoms with Gasteiger partial charge < -0.3 is 9.47 Å². The van der Waals surface area contributed by atoms with Crippen LogP contribution in [0.3, 0.4) is 0 Å². The molecule has 1 aromatic rings. The van der Waals surface area contributed by atoms with Crippen LogP contribution in [0, 0.1) is 11.3 Å². The monoisotopic (exact) mass is 231 g/mol. The van der Waals surface area contributed by atoms with Gasteiger partial charge in [-0.2, -0.15) is 5.26 Å². The number of allylic oxidation sites excluding steroid dienone is 1. The number of nitrogens with zero attached hydrogens (tertiary/aromatic N) is 1.